The molecular formula is C11H9F2NO3S. The van der Waals surface area contributed by atoms with Gasteiger partial charge in [-0.25, -0.2) is 4.79 Å². The highest BCUT2D eigenvalue weighted by Gasteiger charge is 2.21. The lowest BCUT2D eigenvalue weighted by atomic mass is 10.1. The summed E-state index contributed by atoms with van der Waals surface area (Å²) in [6.07, 6.45) is 0. The molecule has 96 valence electrons. The zero-order chi connectivity index (χ0) is 13.7. The van der Waals surface area contributed by atoms with Crippen LogP contribution in [0.2, 0.25) is 0 Å². The number of nitrogens with zero attached hydrogens (tertiary/aromatic N) is 1. The molecule has 0 N–H and O–H groups in total. The van der Waals surface area contributed by atoms with E-state index in [2.05, 4.69) is 17.4 Å². The first-order valence-electron chi connectivity index (χ1n) is 4.88. The number of carbonyl (C=O) groups excluding carboxylic acids is 1. The van der Waals surface area contributed by atoms with Gasteiger partial charge < -0.3 is 9.47 Å². The molecule has 7 heteroatoms. The highest BCUT2D eigenvalue weighted by Crippen LogP contribution is 2.29. The van der Waals surface area contributed by atoms with Gasteiger partial charge in [0.1, 0.15) is 11.6 Å². The number of rotatable bonds is 4. The van der Waals surface area contributed by atoms with E-state index in [9.17, 15) is 13.6 Å². The number of hydrogen-bond acceptors (Lipinski definition) is 5. The molecule has 0 unspecified atom stereocenters. The summed E-state index contributed by atoms with van der Waals surface area (Å²) in [6.45, 7) is -1.50. The van der Waals surface area contributed by atoms with E-state index in [1.54, 1.807) is 13.0 Å². The SMILES string of the molecule is CCOC(=O)c1cc(S)cc(C#N)c1OC(F)F. The van der Waals surface area contributed by atoms with Gasteiger partial charge in [0.2, 0.25) is 0 Å². The molecule has 0 saturated carbocycles. The van der Waals surface area contributed by atoms with Crippen LogP contribution in [0.25, 0.3) is 0 Å². The van der Waals surface area contributed by atoms with E-state index in [1.165, 1.54) is 12.1 Å². The van der Waals surface area contributed by atoms with Crippen molar-refractivity contribution < 1.29 is 23.0 Å². The Labute approximate surface area is 108 Å². The van der Waals surface area contributed by atoms with Crippen LogP contribution in [0, 0.1) is 11.3 Å². The Balaban J connectivity index is 3.33. The van der Waals surface area contributed by atoms with Crippen molar-refractivity contribution in [2.24, 2.45) is 0 Å². The van der Waals surface area contributed by atoms with Crippen LogP contribution in [0.1, 0.15) is 22.8 Å². The molecular weight excluding hydrogens is 264 g/mol. The van der Waals surface area contributed by atoms with Gasteiger partial charge in [-0.1, -0.05) is 0 Å². The number of hydrogen-bond donors (Lipinski definition) is 1. The molecule has 0 saturated heterocycles. The molecule has 1 rings (SSSR count). The zero-order valence-corrected chi connectivity index (χ0v) is 10.2. The predicted molar refractivity (Wildman–Crippen MR) is 61.0 cm³/mol. The molecule has 0 aliphatic carbocycles. The van der Waals surface area contributed by atoms with Gasteiger partial charge in [0, 0.05) is 4.90 Å². The van der Waals surface area contributed by atoms with Crippen LogP contribution in [-0.4, -0.2) is 19.2 Å². The molecule has 0 fully saturated rings. The van der Waals surface area contributed by atoms with Crippen molar-refractivity contribution in [3.8, 4) is 11.8 Å². The molecule has 0 heterocycles. The Hall–Kier alpha value is -1.81. The highest BCUT2D eigenvalue weighted by molar-refractivity contribution is 7.80. The second kappa shape index (κ2) is 6.21. The van der Waals surface area contributed by atoms with Crippen LogP contribution in [0.3, 0.4) is 0 Å². The first-order valence-corrected chi connectivity index (χ1v) is 5.33. The normalized spacial score (nSPS) is 10.0. The van der Waals surface area contributed by atoms with Crippen LogP contribution in [0.4, 0.5) is 8.78 Å². The second-order valence-corrected chi connectivity index (χ2v) is 3.60. The Morgan fingerprint density at radius 1 is 1.56 bits per heavy atom. The number of halogens is 2. The maximum absolute atomic E-state index is 12.3. The number of carbonyl (C=O) groups is 1. The molecule has 4 nitrogen and oxygen atoms in total. The summed E-state index contributed by atoms with van der Waals surface area (Å²) in [6, 6.07) is 4.10. The van der Waals surface area contributed by atoms with E-state index in [4.69, 9.17) is 10.00 Å². The van der Waals surface area contributed by atoms with Crippen LogP contribution in [-0.2, 0) is 4.74 Å². The minimum absolute atomic E-state index is 0.0750. The lowest BCUT2D eigenvalue weighted by Gasteiger charge is -2.12. The van der Waals surface area contributed by atoms with Gasteiger partial charge in [0.15, 0.2) is 5.75 Å². The van der Waals surface area contributed by atoms with E-state index in [0.717, 1.165) is 0 Å². The summed E-state index contributed by atoms with van der Waals surface area (Å²) >= 11 is 3.98. The molecule has 1 aromatic carbocycles. The molecule has 0 aromatic heterocycles. The molecule has 0 bridgehead atoms. The Bertz CT molecular complexity index is 500. The van der Waals surface area contributed by atoms with Gasteiger partial charge in [-0.05, 0) is 19.1 Å². The minimum atomic E-state index is -3.14. The van der Waals surface area contributed by atoms with E-state index in [0.29, 0.717) is 0 Å². The minimum Gasteiger partial charge on any atom is -0.462 e. The maximum atomic E-state index is 12.3. The van der Waals surface area contributed by atoms with Crippen LogP contribution >= 0.6 is 12.6 Å². The van der Waals surface area contributed by atoms with Crippen molar-refractivity contribution in [2.75, 3.05) is 6.61 Å². The van der Waals surface area contributed by atoms with Gasteiger partial charge in [0.05, 0.1) is 12.2 Å². The Kier molecular flexibility index (Phi) is 4.92. The first-order chi connectivity index (χ1) is 8.49. The summed E-state index contributed by atoms with van der Waals surface area (Å²) < 4.78 is 33.4. The molecule has 0 atom stereocenters. The summed E-state index contributed by atoms with van der Waals surface area (Å²) in [4.78, 5) is 11.9. The number of benzene rings is 1. The zero-order valence-electron chi connectivity index (χ0n) is 9.31. The maximum Gasteiger partial charge on any atom is 0.387 e. The third-order valence-electron chi connectivity index (χ3n) is 1.90. The van der Waals surface area contributed by atoms with Gasteiger partial charge in [-0.3, -0.25) is 0 Å². The topological polar surface area (TPSA) is 59.3 Å². The third kappa shape index (κ3) is 3.34. The van der Waals surface area contributed by atoms with Gasteiger partial charge in [-0.15, -0.1) is 12.6 Å². The molecule has 0 radical (unpaired) electrons. The fraction of sp³-hybridized carbons (Fsp3) is 0.273. The first kappa shape index (κ1) is 14.3. The smallest absolute Gasteiger partial charge is 0.387 e. The standard InChI is InChI=1S/C11H9F2NO3S/c1-2-16-10(15)8-4-7(18)3-6(5-14)9(8)17-11(12)13/h3-4,11,18H,2H2,1H3. The molecule has 0 aliphatic rings. The van der Waals surface area contributed by atoms with Gasteiger partial charge in [0.25, 0.3) is 0 Å². The second-order valence-electron chi connectivity index (χ2n) is 3.08. The van der Waals surface area contributed by atoms with Crippen LogP contribution in [0.5, 0.6) is 5.75 Å². The summed E-state index contributed by atoms with van der Waals surface area (Å²) in [5.41, 5.74) is -0.452. The number of alkyl halides is 2. The van der Waals surface area contributed by atoms with Crippen LogP contribution in [0.15, 0.2) is 17.0 Å². The lowest BCUT2D eigenvalue weighted by Crippen LogP contribution is -2.12. The Morgan fingerprint density at radius 2 is 2.22 bits per heavy atom. The van der Waals surface area contributed by atoms with E-state index in [1.807, 2.05) is 0 Å². The third-order valence-corrected chi connectivity index (χ3v) is 2.15. The quantitative estimate of drug-likeness (QED) is 0.676. The number of esters is 1. The molecule has 0 aliphatic heterocycles. The molecule has 0 amide bonds. The molecule has 18 heavy (non-hydrogen) atoms. The average molecular weight is 273 g/mol. The van der Waals surface area contributed by atoms with Crippen LogP contribution < -0.4 is 4.74 Å². The highest BCUT2D eigenvalue weighted by atomic mass is 32.1. The van der Waals surface area contributed by atoms with Crippen molar-refractivity contribution in [1.29, 1.82) is 5.26 Å². The summed E-state index contributed by atoms with van der Waals surface area (Å²) in [7, 11) is 0. The van der Waals surface area contributed by atoms with Crippen molar-refractivity contribution in [2.45, 2.75) is 18.4 Å². The van der Waals surface area contributed by atoms with Gasteiger partial charge in [-0.2, -0.15) is 14.0 Å². The predicted octanol–water partition coefficient (Wildman–Crippen LogP) is 2.63. The number of thiol groups is 1. The van der Waals surface area contributed by atoms with Crippen molar-refractivity contribution >= 4 is 18.6 Å². The fourth-order valence-corrected chi connectivity index (χ4v) is 1.53. The van der Waals surface area contributed by atoms with Crippen molar-refractivity contribution in [3.63, 3.8) is 0 Å². The number of nitriles is 1. The molecule has 0 spiro atoms. The lowest BCUT2D eigenvalue weighted by molar-refractivity contribution is -0.0506. The Morgan fingerprint density at radius 3 is 2.72 bits per heavy atom. The van der Waals surface area contributed by atoms with E-state index < -0.39 is 18.3 Å². The summed E-state index contributed by atoms with van der Waals surface area (Å²) in [5, 5.41) is 8.83. The monoisotopic (exact) mass is 273 g/mol. The van der Waals surface area contributed by atoms with E-state index in [-0.39, 0.29) is 22.6 Å². The van der Waals surface area contributed by atoms with Crippen molar-refractivity contribution in [1.82, 2.24) is 0 Å². The average Bonchev–Trinajstić information content (AvgIpc) is 2.30. The van der Waals surface area contributed by atoms with Gasteiger partial charge >= 0.3 is 12.6 Å². The molecule has 1 aromatic rings. The van der Waals surface area contributed by atoms with E-state index >= 15 is 0 Å². The summed E-state index contributed by atoms with van der Waals surface area (Å²) in [5.74, 6) is -1.34. The largest absolute Gasteiger partial charge is 0.462 e. The number of ether oxygens (including phenoxy) is 2. The van der Waals surface area contributed by atoms with Crippen molar-refractivity contribution in [3.05, 3.63) is 23.3 Å². The fourth-order valence-electron chi connectivity index (χ4n) is 1.27.